The number of fused-ring (bicyclic) bond motifs is 1. The van der Waals surface area contributed by atoms with Gasteiger partial charge in [0.15, 0.2) is 0 Å². The molecule has 1 aliphatic rings. The van der Waals surface area contributed by atoms with E-state index < -0.39 is 0 Å². The lowest BCUT2D eigenvalue weighted by Gasteiger charge is -2.26. The average molecular weight is 227 g/mol. The molecule has 3 heteroatoms. The Kier molecular flexibility index (Phi) is 2.69. The smallest absolute Gasteiger partial charge is 0.140 e. The first-order valence-electron chi connectivity index (χ1n) is 6.21. The molecule has 2 N–H and O–H groups in total. The van der Waals surface area contributed by atoms with Crippen molar-refractivity contribution in [1.29, 1.82) is 0 Å². The number of benzene rings is 1. The molecule has 88 valence electrons. The minimum Gasteiger partial charge on any atom is -0.328 e. The molecule has 0 bridgehead atoms. The minimum absolute atomic E-state index is 0.413. The largest absolute Gasteiger partial charge is 0.328 e. The fraction of sp³-hybridized carbons (Fsp3) is 0.357. The van der Waals surface area contributed by atoms with Gasteiger partial charge in [-0.1, -0.05) is 30.3 Å². The van der Waals surface area contributed by atoms with Crippen molar-refractivity contribution in [2.45, 2.75) is 25.3 Å². The molecule has 0 radical (unpaired) electrons. The van der Waals surface area contributed by atoms with Crippen LogP contribution in [0.4, 0.5) is 0 Å². The van der Waals surface area contributed by atoms with Gasteiger partial charge in [-0.25, -0.2) is 4.98 Å². The van der Waals surface area contributed by atoms with Crippen molar-refractivity contribution in [2.24, 2.45) is 5.73 Å². The number of nitrogens with zero attached hydrogens (tertiary/aromatic N) is 2. The van der Waals surface area contributed by atoms with Gasteiger partial charge in [0.1, 0.15) is 5.82 Å². The minimum atomic E-state index is 0.413. The first-order valence-corrected chi connectivity index (χ1v) is 6.21. The summed E-state index contributed by atoms with van der Waals surface area (Å²) >= 11 is 0. The summed E-state index contributed by atoms with van der Waals surface area (Å²) in [5.41, 5.74) is 8.38. The van der Waals surface area contributed by atoms with Gasteiger partial charge in [0.05, 0.1) is 0 Å². The predicted octanol–water partition coefficient (Wildman–Crippen LogP) is 2.39. The molecule has 17 heavy (non-hydrogen) atoms. The van der Waals surface area contributed by atoms with Crippen molar-refractivity contribution in [3.63, 3.8) is 0 Å². The lowest BCUT2D eigenvalue weighted by atomic mass is 10.0. The van der Waals surface area contributed by atoms with Crippen LogP contribution >= 0.6 is 0 Å². The van der Waals surface area contributed by atoms with Crippen LogP contribution in [0.1, 0.15) is 24.6 Å². The molecule has 2 aromatic rings. The molecule has 0 saturated carbocycles. The molecular formula is C14H17N3. The normalized spacial score (nSPS) is 19.0. The van der Waals surface area contributed by atoms with E-state index in [0.717, 1.165) is 12.2 Å². The van der Waals surface area contributed by atoms with E-state index in [9.17, 15) is 0 Å². The van der Waals surface area contributed by atoms with Gasteiger partial charge in [0.2, 0.25) is 0 Å². The van der Waals surface area contributed by atoms with E-state index in [-0.39, 0.29) is 0 Å². The molecule has 0 amide bonds. The van der Waals surface area contributed by atoms with Crippen molar-refractivity contribution in [3.8, 4) is 11.4 Å². The van der Waals surface area contributed by atoms with Gasteiger partial charge >= 0.3 is 0 Å². The van der Waals surface area contributed by atoms with Gasteiger partial charge in [-0.2, -0.15) is 0 Å². The third-order valence-corrected chi connectivity index (χ3v) is 3.51. The van der Waals surface area contributed by atoms with Crippen LogP contribution in [0, 0.1) is 0 Å². The zero-order chi connectivity index (χ0) is 11.7. The number of hydrogen-bond donors (Lipinski definition) is 1. The highest BCUT2D eigenvalue weighted by molar-refractivity contribution is 5.56. The molecular weight excluding hydrogens is 210 g/mol. The molecule has 1 aromatic heterocycles. The molecule has 0 spiro atoms. The first-order chi connectivity index (χ1) is 8.40. The third kappa shape index (κ3) is 1.76. The number of aryl methyl sites for hydroxylation is 1. The number of imidazole rings is 1. The summed E-state index contributed by atoms with van der Waals surface area (Å²) < 4.78 is 2.33. The Labute approximate surface area is 101 Å². The highest BCUT2D eigenvalue weighted by Crippen LogP contribution is 2.30. The van der Waals surface area contributed by atoms with E-state index in [4.69, 9.17) is 5.73 Å². The van der Waals surface area contributed by atoms with Gasteiger partial charge in [0.25, 0.3) is 0 Å². The van der Waals surface area contributed by atoms with E-state index in [1.54, 1.807) is 0 Å². The average Bonchev–Trinajstić information content (AvgIpc) is 2.83. The Hall–Kier alpha value is -1.61. The number of hydrogen-bond acceptors (Lipinski definition) is 2. The maximum Gasteiger partial charge on any atom is 0.140 e. The summed E-state index contributed by atoms with van der Waals surface area (Å²) in [5, 5.41) is 0. The molecule has 0 aliphatic carbocycles. The summed E-state index contributed by atoms with van der Waals surface area (Å²) in [6, 6.07) is 10.8. The summed E-state index contributed by atoms with van der Waals surface area (Å²) in [7, 11) is 0. The highest BCUT2D eigenvalue weighted by Gasteiger charge is 2.22. The SMILES string of the molecule is NCC1CCCc2cnc(-c3ccccc3)n21. The summed E-state index contributed by atoms with van der Waals surface area (Å²) in [4.78, 5) is 4.57. The molecule has 2 heterocycles. The summed E-state index contributed by atoms with van der Waals surface area (Å²) in [6.07, 6.45) is 5.52. The second-order valence-corrected chi connectivity index (χ2v) is 4.59. The van der Waals surface area contributed by atoms with E-state index in [2.05, 4.69) is 33.8 Å². The second-order valence-electron chi connectivity index (χ2n) is 4.59. The molecule has 1 aromatic carbocycles. The Morgan fingerprint density at radius 1 is 1.29 bits per heavy atom. The van der Waals surface area contributed by atoms with Crippen LogP contribution in [0.15, 0.2) is 36.5 Å². The zero-order valence-corrected chi connectivity index (χ0v) is 9.84. The standard InChI is InChI=1S/C14H17N3/c15-9-12-7-4-8-13-10-16-14(17(12)13)11-5-2-1-3-6-11/h1-3,5-6,10,12H,4,7-9,15H2. The lowest BCUT2D eigenvalue weighted by Crippen LogP contribution is -2.25. The number of rotatable bonds is 2. The van der Waals surface area contributed by atoms with Crippen molar-refractivity contribution in [3.05, 3.63) is 42.2 Å². The Bertz CT molecular complexity index is 501. The Morgan fingerprint density at radius 2 is 2.12 bits per heavy atom. The van der Waals surface area contributed by atoms with E-state index in [1.807, 2.05) is 12.3 Å². The van der Waals surface area contributed by atoms with Crippen molar-refractivity contribution >= 4 is 0 Å². The number of nitrogens with two attached hydrogens (primary N) is 1. The molecule has 0 fully saturated rings. The molecule has 0 saturated heterocycles. The van der Waals surface area contributed by atoms with Crippen LogP contribution in [-0.2, 0) is 6.42 Å². The van der Waals surface area contributed by atoms with Crippen LogP contribution in [0.2, 0.25) is 0 Å². The zero-order valence-electron chi connectivity index (χ0n) is 9.84. The maximum atomic E-state index is 5.88. The highest BCUT2D eigenvalue weighted by atomic mass is 15.1. The van der Waals surface area contributed by atoms with Gasteiger partial charge in [0, 0.05) is 30.0 Å². The molecule has 1 aliphatic heterocycles. The summed E-state index contributed by atoms with van der Waals surface area (Å²) in [6.45, 7) is 0.698. The molecule has 1 atom stereocenters. The van der Waals surface area contributed by atoms with Crippen LogP contribution in [0.3, 0.4) is 0 Å². The van der Waals surface area contributed by atoms with Crippen molar-refractivity contribution in [1.82, 2.24) is 9.55 Å². The summed E-state index contributed by atoms with van der Waals surface area (Å²) in [5.74, 6) is 1.07. The lowest BCUT2D eigenvalue weighted by molar-refractivity contribution is 0.413. The third-order valence-electron chi connectivity index (χ3n) is 3.51. The maximum absolute atomic E-state index is 5.88. The second kappa shape index (κ2) is 4.34. The fourth-order valence-electron chi connectivity index (χ4n) is 2.66. The van der Waals surface area contributed by atoms with Crippen LogP contribution in [0.25, 0.3) is 11.4 Å². The monoisotopic (exact) mass is 227 g/mol. The molecule has 1 unspecified atom stereocenters. The first kappa shape index (κ1) is 10.5. The van der Waals surface area contributed by atoms with E-state index >= 15 is 0 Å². The van der Waals surface area contributed by atoms with Crippen LogP contribution < -0.4 is 5.73 Å². The molecule has 3 rings (SSSR count). The van der Waals surface area contributed by atoms with Crippen molar-refractivity contribution < 1.29 is 0 Å². The van der Waals surface area contributed by atoms with Gasteiger partial charge in [-0.3, -0.25) is 0 Å². The molecule has 3 nitrogen and oxygen atoms in total. The van der Waals surface area contributed by atoms with Crippen LogP contribution in [0.5, 0.6) is 0 Å². The fourth-order valence-corrected chi connectivity index (χ4v) is 2.66. The Morgan fingerprint density at radius 3 is 2.88 bits per heavy atom. The Balaban J connectivity index is 2.10. The van der Waals surface area contributed by atoms with Gasteiger partial charge < -0.3 is 10.3 Å². The quantitative estimate of drug-likeness (QED) is 0.856. The van der Waals surface area contributed by atoms with E-state index in [0.29, 0.717) is 12.6 Å². The van der Waals surface area contributed by atoms with Crippen LogP contribution in [-0.4, -0.2) is 16.1 Å². The van der Waals surface area contributed by atoms with Crippen molar-refractivity contribution in [2.75, 3.05) is 6.54 Å². The topological polar surface area (TPSA) is 43.8 Å². The van der Waals surface area contributed by atoms with Gasteiger partial charge in [-0.05, 0) is 19.3 Å². The van der Waals surface area contributed by atoms with E-state index in [1.165, 1.54) is 24.1 Å². The van der Waals surface area contributed by atoms with Gasteiger partial charge in [-0.15, -0.1) is 0 Å². The number of aromatic nitrogens is 2. The predicted molar refractivity (Wildman–Crippen MR) is 68.7 cm³/mol.